The van der Waals surface area contributed by atoms with Gasteiger partial charge in [0.2, 0.25) is 0 Å². The molecule has 1 atom stereocenters. The highest BCUT2D eigenvalue weighted by atomic mass is 16.5. The van der Waals surface area contributed by atoms with E-state index in [9.17, 15) is 0 Å². The van der Waals surface area contributed by atoms with Crippen molar-refractivity contribution in [1.29, 1.82) is 0 Å². The van der Waals surface area contributed by atoms with Gasteiger partial charge in [-0.1, -0.05) is 61.5 Å². The first-order valence-corrected chi connectivity index (χ1v) is 11.0. The van der Waals surface area contributed by atoms with Crippen molar-refractivity contribution in [2.24, 2.45) is 10.9 Å². The van der Waals surface area contributed by atoms with Gasteiger partial charge < -0.3 is 19.9 Å². The van der Waals surface area contributed by atoms with Crippen LogP contribution >= 0.6 is 0 Å². The number of likely N-dealkylation sites (tertiary alicyclic amines) is 1. The summed E-state index contributed by atoms with van der Waals surface area (Å²) >= 11 is 0. The SMILES string of the molecule is CCN(C)Cc1cccc(CNC(=NC)N2CCC(COCc3ccccc3)C2)c1. The molecule has 3 rings (SSSR count). The van der Waals surface area contributed by atoms with Crippen LogP contribution < -0.4 is 5.32 Å². The Labute approximate surface area is 181 Å². The van der Waals surface area contributed by atoms with E-state index in [2.05, 4.69) is 82.6 Å². The lowest BCUT2D eigenvalue weighted by atomic mass is 10.1. The van der Waals surface area contributed by atoms with Crippen LogP contribution in [0.25, 0.3) is 0 Å². The summed E-state index contributed by atoms with van der Waals surface area (Å²) in [7, 11) is 4.02. The Balaban J connectivity index is 1.43. The van der Waals surface area contributed by atoms with E-state index in [0.29, 0.717) is 12.5 Å². The van der Waals surface area contributed by atoms with Crippen LogP contribution in [0.3, 0.4) is 0 Å². The van der Waals surface area contributed by atoms with Crippen LogP contribution in [0.2, 0.25) is 0 Å². The van der Waals surface area contributed by atoms with Crippen molar-refractivity contribution in [2.45, 2.75) is 33.0 Å². The number of ether oxygens (including phenoxy) is 1. The first kappa shape index (κ1) is 22.3. The van der Waals surface area contributed by atoms with Gasteiger partial charge in [-0.05, 0) is 36.7 Å². The minimum Gasteiger partial charge on any atom is -0.376 e. The maximum Gasteiger partial charge on any atom is 0.193 e. The highest BCUT2D eigenvalue weighted by Crippen LogP contribution is 2.17. The molecular weight excluding hydrogens is 372 g/mol. The zero-order valence-corrected chi connectivity index (χ0v) is 18.7. The topological polar surface area (TPSA) is 40.1 Å². The Hall–Kier alpha value is -2.37. The number of nitrogens with zero attached hydrogens (tertiary/aromatic N) is 3. The molecule has 2 aromatic carbocycles. The number of nitrogens with one attached hydrogen (secondary N) is 1. The van der Waals surface area contributed by atoms with Gasteiger partial charge in [0.15, 0.2) is 5.96 Å². The highest BCUT2D eigenvalue weighted by molar-refractivity contribution is 5.80. The summed E-state index contributed by atoms with van der Waals surface area (Å²) in [5.41, 5.74) is 3.88. The van der Waals surface area contributed by atoms with Gasteiger partial charge in [0.25, 0.3) is 0 Å². The number of hydrogen-bond donors (Lipinski definition) is 1. The van der Waals surface area contributed by atoms with E-state index in [4.69, 9.17) is 4.74 Å². The Morgan fingerprint density at radius 1 is 1.13 bits per heavy atom. The third kappa shape index (κ3) is 6.85. The number of hydrogen-bond acceptors (Lipinski definition) is 3. The van der Waals surface area contributed by atoms with Crippen LogP contribution in [0.5, 0.6) is 0 Å². The molecule has 0 bridgehead atoms. The van der Waals surface area contributed by atoms with Crippen molar-refractivity contribution in [3.63, 3.8) is 0 Å². The van der Waals surface area contributed by atoms with Crippen LogP contribution in [-0.4, -0.2) is 56.1 Å². The normalized spacial score (nSPS) is 17.0. The summed E-state index contributed by atoms with van der Waals surface area (Å²) in [6, 6.07) is 19.2. The summed E-state index contributed by atoms with van der Waals surface area (Å²) in [5.74, 6) is 1.54. The summed E-state index contributed by atoms with van der Waals surface area (Å²) in [5, 5.41) is 3.55. The Bertz CT molecular complexity index is 793. The molecule has 162 valence electrons. The maximum absolute atomic E-state index is 5.96. The van der Waals surface area contributed by atoms with Crippen LogP contribution in [-0.2, 0) is 24.4 Å². The molecule has 0 aromatic heterocycles. The van der Waals surface area contributed by atoms with Crippen LogP contribution in [0, 0.1) is 5.92 Å². The third-order valence-electron chi connectivity index (χ3n) is 5.70. The summed E-state index contributed by atoms with van der Waals surface area (Å²) in [4.78, 5) is 9.18. The minimum atomic E-state index is 0.556. The fraction of sp³-hybridized carbons (Fsp3) is 0.480. The molecule has 1 heterocycles. The Morgan fingerprint density at radius 3 is 2.67 bits per heavy atom. The number of aliphatic imine (C=N–C) groups is 1. The summed E-state index contributed by atoms with van der Waals surface area (Å²) in [6.45, 7) is 8.53. The van der Waals surface area contributed by atoms with Gasteiger partial charge in [-0.15, -0.1) is 0 Å². The van der Waals surface area contributed by atoms with E-state index in [-0.39, 0.29) is 0 Å². The molecule has 1 aliphatic heterocycles. The Kier molecular flexibility index (Phi) is 8.72. The number of rotatable bonds is 9. The standard InChI is InChI=1S/C25H36N4O/c1-4-28(3)17-23-12-8-11-22(15-23)16-27-25(26-2)29-14-13-24(18-29)20-30-19-21-9-6-5-7-10-21/h5-12,15,24H,4,13-14,16-20H2,1-3H3,(H,26,27). The number of guanidine groups is 1. The van der Waals surface area contributed by atoms with Gasteiger partial charge in [-0.25, -0.2) is 0 Å². The number of benzene rings is 2. The average molecular weight is 409 g/mol. The molecule has 0 saturated carbocycles. The second kappa shape index (κ2) is 11.7. The van der Waals surface area contributed by atoms with Crippen molar-refractivity contribution >= 4 is 5.96 Å². The van der Waals surface area contributed by atoms with Gasteiger partial charge in [0.1, 0.15) is 0 Å². The van der Waals surface area contributed by atoms with Gasteiger partial charge in [0.05, 0.1) is 13.2 Å². The molecule has 1 unspecified atom stereocenters. The zero-order chi connectivity index (χ0) is 21.2. The fourth-order valence-electron chi connectivity index (χ4n) is 3.85. The molecule has 1 aliphatic rings. The lowest BCUT2D eigenvalue weighted by Gasteiger charge is -2.22. The van der Waals surface area contributed by atoms with Crippen molar-refractivity contribution in [1.82, 2.24) is 15.1 Å². The Morgan fingerprint density at radius 2 is 1.90 bits per heavy atom. The lowest BCUT2D eigenvalue weighted by Crippen LogP contribution is -2.39. The van der Waals surface area contributed by atoms with E-state index in [1.54, 1.807) is 0 Å². The van der Waals surface area contributed by atoms with E-state index < -0.39 is 0 Å². The van der Waals surface area contributed by atoms with Gasteiger partial charge >= 0.3 is 0 Å². The quantitative estimate of drug-likeness (QED) is 0.507. The van der Waals surface area contributed by atoms with E-state index >= 15 is 0 Å². The molecule has 0 aliphatic carbocycles. The fourth-order valence-corrected chi connectivity index (χ4v) is 3.85. The molecule has 2 aromatic rings. The van der Waals surface area contributed by atoms with Crippen molar-refractivity contribution in [3.05, 3.63) is 71.3 Å². The summed E-state index contributed by atoms with van der Waals surface area (Å²) in [6.07, 6.45) is 1.15. The predicted molar refractivity (Wildman–Crippen MR) is 124 cm³/mol. The molecule has 5 heteroatoms. The molecule has 0 amide bonds. The van der Waals surface area contributed by atoms with Crippen molar-refractivity contribution in [3.8, 4) is 0 Å². The van der Waals surface area contributed by atoms with Crippen LogP contribution in [0.4, 0.5) is 0 Å². The smallest absolute Gasteiger partial charge is 0.193 e. The minimum absolute atomic E-state index is 0.556. The molecule has 0 radical (unpaired) electrons. The van der Waals surface area contributed by atoms with Gasteiger partial charge in [-0.2, -0.15) is 0 Å². The summed E-state index contributed by atoms with van der Waals surface area (Å²) < 4.78 is 5.96. The van der Waals surface area contributed by atoms with E-state index in [1.165, 1.54) is 16.7 Å². The highest BCUT2D eigenvalue weighted by Gasteiger charge is 2.24. The monoisotopic (exact) mass is 408 g/mol. The van der Waals surface area contributed by atoms with Crippen molar-refractivity contribution in [2.75, 3.05) is 40.3 Å². The maximum atomic E-state index is 5.96. The second-order valence-electron chi connectivity index (χ2n) is 8.15. The molecule has 1 saturated heterocycles. The molecule has 5 nitrogen and oxygen atoms in total. The zero-order valence-electron chi connectivity index (χ0n) is 18.7. The average Bonchev–Trinajstić information content (AvgIpc) is 3.24. The van der Waals surface area contributed by atoms with Gasteiger partial charge in [0, 0.05) is 39.1 Å². The predicted octanol–water partition coefficient (Wildman–Crippen LogP) is 3.75. The molecule has 30 heavy (non-hydrogen) atoms. The van der Waals surface area contributed by atoms with Crippen LogP contribution in [0.1, 0.15) is 30.0 Å². The first-order valence-electron chi connectivity index (χ1n) is 11.0. The largest absolute Gasteiger partial charge is 0.376 e. The third-order valence-corrected chi connectivity index (χ3v) is 5.70. The van der Waals surface area contributed by atoms with E-state index in [0.717, 1.165) is 51.7 Å². The van der Waals surface area contributed by atoms with Gasteiger partial charge in [-0.3, -0.25) is 4.99 Å². The lowest BCUT2D eigenvalue weighted by molar-refractivity contribution is 0.0906. The molecular formula is C25H36N4O. The second-order valence-corrected chi connectivity index (χ2v) is 8.15. The first-order chi connectivity index (χ1) is 14.7. The molecule has 1 N–H and O–H groups in total. The van der Waals surface area contributed by atoms with Crippen molar-refractivity contribution < 1.29 is 4.74 Å². The van der Waals surface area contributed by atoms with Crippen LogP contribution in [0.15, 0.2) is 59.6 Å². The molecule has 0 spiro atoms. The van der Waals surface area contributed by atoms with E-state index in [1.807, 2.05) is 13.1 Å². The molecule has 1 fully saturated rings.